The lowest BCUT2D eigenvalue weighted by Crippen LogP contribution is -2.30. The summed E-state index contributed by atoms with van der Waals surface area (Å²) in [7, 11) is 0. The molecule has 0 unspecified atom stereocenters. The molecule has 2 aliphatic heterocycles. The van der Waals surface area contributed by atoms with E-state index in [4.69, 9.17) is 19.5 Å². The van der Waals surface area contributed by atoms with Gasteiger partial charge in [0.2, 0.25) is 0 Å². The van der Waals surface area contributed by atoms with Gasteiger partial charge >= 0.3 is 0 Å². The molecule has 2 aliphatic rings. The van der Waals surface area contributed by atoms with E-state index in [0.29, 0.717) is 12.2 Å². The molecule has 3 atom stereocenters. The van der Waals surface area contributed by atoms with Gasteiger partial charge in [-0.05, 0) is 13.8 Å². The minimum Gasteiger partial charge on any atom is -0.367 e. The first-order chi connectivity index (χ1) is 6.53. The van der Waals surface area contributed by atoms with Crippen molar-refractivity contribution in [1.82, 2.24) is 0 Å². The molecule has 0 aromatic carbocycles. The zero-order chi connectivity index (χ0) is 10.3. The number of ether oxygens (including phenoxy) is 3. The molecule has 0 aliphatic carbocycles. The fourth-order valence-electron chi connectivity index (χ4n) is 1.90. The predicted octanol–water partition coefficient (Wildman–Crippen LogP) is 0.985. The minimum atomic E-state index is -0.576. The van der Waals surface area contributed by atoms with Crippen LogP contribution in [0.5, 0.6) is 0 Å². The first kappa shape index (κ1) is 9.66. The first-order valence-electron chi connectivity index (χ1n) is 4.59. The molecule has 0 spiro atoms. The quantitative estimate of drug-likeness (QED) is 0.585. The van der Waals surface area contributed by atoms with Gasteiger partial charge in [0.05, 0.1) is 18.2 Å². The zero-order valence-electron chi connectivity index (χ0n) is 8.32. The highest BCUT2D eigenvalue weighted by Gasteiger charge is 2.50. The largest absolute Gasteiger partial charge is 0.367 e. The van der Waals surface area contributed by atoms with Crippen LogP contribution in [0.3, 0.4) is 0 Å². The maximum absolute atomic E-state index is 8.72. The Labute approximate surface area is 83.1 Å². The molecule has 4 nitrogen and oxygen atoms in total. The van der Waals surface area contributed by atoms with Gasteiger partial charge in [0.25, 0.3) is 0 Å². The minimum absolute atomic E-state index is 0.0694. The standard InChI is InChI=1S/C10H13NO3/c1-6(4-11)8-9-7(5-12-8)13-10(2,3)14-9/h7-9H,1,5H2,2-3H3/t7-,8-,9-/m0/s1. The Morgan fingerprint density at radius 1 is 1.50 bits per heavy atom. The van der Waals surface area contributed by atoms with Crippen LogP contribution in [-0.4, -0.2) is 30.7 Å². The number of hydrogen-bond acceptors (Lipinski definition) is 4. The van der Waals surface area contributed by atoms with Crippen molar-refractivity contribution in [2.45, 2.75) is 37.9 Å². The average Bonchev–Trinajstić information content (AvgIpc) is 2.58. The van der Waals surface area contributed by atoms with Crippen molar-refractivity contribution in [2.75, 3.05) is 6.61 Å². The molecule has 0 radical (unpaired) electrons. The molecule has 2 heterocycles. The van der Waals surface area contributed by atoms with E-state index in [1.54, 1.807) is 0 Å². The van der Waals surface area contributed by atoms with Gasteiger partial charge in [0, 0.05) is 0 Å². The Bertz CT molecular complexity index is 305. The number of rotatable bonds is 1. The normalized spacial score (nSPS) is 39.1. The third-order valence-corrected chi connectivity index (χ3v) is 2.45. The van der Waals surface area contributed by atoms with Crippen LogP contribution >= 0.6 is 0 Å². The summed E-state index contributed by atoms with van der Waals surface area (Å²) in [4.78, 5) is 0. The van der Waals surface area contributed by atoms with Crippen LogP contribution in [0, 0.1) is 11.3 Å². The SMILES string of the molecule is C=C(C#N)[C@@H]1OC[C@@H]2OC(C)(C)O[C@@H]21. The molecule has 2 rings (SSSR count). The first-order valence-corrected chi connectivity index (χ1v) is 4.59. The molecule has 0 amide bonds. The van der Waals surface area contributed by atoms with Gasteiger partial charge in [0.1, 0.15) is 18.3 Å². The maximum atomic E-state index is 8.72. The molecule has 0 saturated carbocycles. The van der Waals surface area contributed by atoms with Crippen molar-refractivity contribution in [3.8, 4) is 6.07 Å². The summed E-state index contributed by atoms with van der Waals surface area (Å²) in [5, 5.41) is 8.72. The molecule has 2 saturated heterocycles. The van der Waals surface area contributed by atoms with Crippen LogP contribution in [-0.2, 0) is 14.2 Å². The molecule has 2 fully saturated rings. The Morgan fingerprint density at radius 3 is 2.86 bits per heavy atom. The number of fused-ring (bicyclic) bond motifs is 1. The van der Waals surface area contributed by atoms with Crippen LogP contribution in [0.15, 0.2) is 12.2 Å². The van der Waals surface area contributed by atoms with Gasteiger partial charge in [-0.15, -0.1) is 0 Å². The summed E-state index contributed by atoms with van der Waals surface area (Å²) in [6.45, 7) is 7.83. The van der Waals surface area contributed by atoms with Gasteiger partial charge in [0.15, 0.2) is 5.79 Å². The van der Waals surface area contributed by atoms with Gasteiger partial charge in [-0.3, -0.25) is 0 Å². The Balaban J connectivity index is 2.13. The molecule has 0 aromatic heterocycles. The van der Waals surface area contributed by atoms with Crippen molar-refractivity contribution in [3.05, 3.63) is 12.2 Å². The van der Waals surface area contributed by atoms with E-state index >= 15 is 0 Å². The van der Waals surface area contributed by atoms with Gasteiger partial charge < -0.3 is 14.2 Å². The lowest BCUT2D eigenvalue weighted by Gasteiger charge is -2.20. The van der Waals surface area contributed by atoms with Crippen LogP contribution in [0.4, 0.5) is 0 Å². The second kappa shape index (κ2) is 3.06. The van der Waals surface area contributed by atoms with Gasteiger partial charge in [-0.25, -0.2) is 0 Å². The summed E-state index contributed by atoms with van der Waals surface area (Å²) in [6, 6.07) is 1.99. The molecular weight excluding hydrogens is 182 g/mol. The topological polar surface area (TPSA) is 51.5 Å². The fourth-order valence-corrected chi connectivity index (χ4v) is 1.90. The van der Waals surface area contributed by atoms with Crippen molar-refractivity contribution in [1.29, 1.82) is 5.26 Å². The smallest absolute Gasteiger partial charge is 0.164 e. The molecule has 4 heteroatoms. The van der Waals surface area contributed by atoms with E-state index in [9.17, 15) is 0 Å². The van der Waals surface area contributed by atoms with E-state index in [1.165, 1.54) is 0 Å². The molecule has 76 valence electrons. The van der Waals surface area contributed by atoms with E-state index in [2.05, 4.69) is 6.58 Å². The fraction of sp³-hybridized carbons (Fsp3) is 0.700. The summed E-state index contributed by atoms with van der Waals surface area (Å²) >= 11 is 0. The van der Waals surface area contributed by atoms with E-state index < -0.39 is 5.79 Å². The number of nitrogens with zero attached hydrogens (tertiary/aromatic N) is 1. The highest BCUT2D eigenvalue weighted by atomic mass is 16.8. The van der Waals surface area contributed by atoms with Crippen LogP contribution < -0.4 is 0 Å². The molecule has 0 bridgehead atoms. The Hall–Kier alpha value is -0.890. The Kier molecular flexibility index (Phi) is 2.11. The molecule has 14 heavy (non-hydrogen) atoms. The van der Waals surface area contributed by atoms with Crippen LogP contribution in [0.1, 0.15) is 13.8 Å². The van der Waals surface area contributed by atoms with Crippen LogP contribution in [0.25, 0.3) is 0 Å². The van der Waals surface area contributed by atoms with Crippen molar-refractivity contribution in [3.63, 3.8) is 0 Å². The lowest BCUT2D eigenvalue weighted by atomic mass is 10.1. The molecule has 0 aromatic rings. The molecule has 0 N–H and O–H groups in total. The summed E-state index contributed by atoms with van der Waals surface area (Å²) in [6.07, 6.45) is -0.593. The van der Waals surface area contributed by atoms with Crippen LogP contribution in [0.2, 0.25) is 0 Å². The van der Waals surface area contributed by atoms with Crippen molar-refractivity contribution < 1.29 is 14.2 Å². The van der Waals surface area contributed by atoms with Gasteiger partial charge in [-0.2, -0.15) is 5.26 Å². The number of nitriles is 1. The lowest BCUT2D eigenvalue weighted by molar-refractivity contribution is -0.171. The van der Waals surface area contributed by atoms with Crippen molar-refractivity contribution >= 4 is 0 Å². The van der Waals surface area contributed by atoms with Crippen molar-refractivity contribution in [2.24, 2.45) is 0 Å². The summed E-state index contributed by atoms with van der Waals surface area (Å²) in [5.74, 6) is -0.576. The predicted molar refractivity (Wildman–Crippen MR) is 48.3 cm³/mol. The Morgan fingerprint density at radius 2 is 2.21 bits per heavy atom. The monoisotopic (exact) mass is 195 g/mol. The number of hydrogen-bond donors (Lipinski definition) is 0. The van der Waals surface area contributed by atoms with E-state index in [-0.39, 0.29) is 18.3 Å². The van der Waals surface area contributed by atoms with Gasteiger partial charge in [-0.1, -0.05) is 6.58 Å². The summed E-state index contributed by atoms with van der Waals surface area (Å²) < 4.78 is 16.6. The molecular formula is C10H13NO3. The highest BCUT2D eigenvalue weighted by Crippen LogP contribution is 2.36. The highest BCUT2D eigenvalue weighted by molar-refractivity contribution is 5.25. The third-order valence-electron chi connectivity index (χ3n) is 2.45. The second-order valence-electron chi connectivity index (χ2n) is 4.03. The summed E-state index contributed by atoms with van der Waals surface area (Å²) in [5.41, 5.74) is 0.402. The zero-order valence-corrected chi connectivity index (χ0v) is 8.32. The third kappa shape index (κ3) is 1.44. The maximum Gasteiger partial charge on any atom is 0.164 e. The van der Waals surface area contributed by atoms with E-state index in [1.807, 2.05) is 19.9 Å². The van der Waals surface area contributed by atoms with E-state index in [0.717, 1.165) is 0 Å². The second-order valence-corrected chi connectivity index (χ2v) is 4.03. The average molecular weight is 195 g/mol.